The van der Waals surface area contributed by atoms with E-state index in [9.17, 15) is 0 Å². The van der Waals surface area contributed by atoms with Crippen LogP contribution in [0.4, 0.5) is 0 Å². The van der Waals surface area contributed by atoms with Crippen LogP contribution < -0.4 is 5.73 Å². The van der Waals surface area contributed by atoms with Gasteiger partial charge in [-0.05, 0) is 45.6 Å². The molecular formula is C13H28N2O. The van der Waals surface area contributed by atoms with Crippen LogP contribution in [0.25, 0.3) is 0 Å². The summed E-state index contributed by atoms with van der Waals surface area (Å²) < 4.78 is 5.48. The number of rotatable bonds is 7. The smallest absolute Gasteiger partial charge is 0.0638 e. The highest BCUT2D eigenvalue weighted by molar-refractivity contribution is 4.88. The van der Waals surface area contributed by atoms with Crippen molar-refractivity contribution < 1.29 is 4.74 Å². The lowest BCUT2D eigenvalue weighted by atomic mass is 9.97. The summed E-state index contributed by atoms with van der Waals surface area (Å²) in [7, 11) is 3.96. The second-order valence-electron chi connectivity index (χ2n) is 5.97. The molecule has 0 spiro atoms. The van der Waals surface area contributed by atoms with Gasteiger partial charge in [0.15, 0.2) is 0 Å². The van der Waals surface area contributed by atoms with E-state index in [1.165, 1.54) is 13.0 Å². The highest BCUT2D eigenvalue weighted by Crippen LogP contribution is 2.38. The number of nitrogens with two attached hydrogens (primary N) is 1. The van der Waals surface area contributed by atoms with Crippen LogP contribution in [0.5, 0.6) is 0 Å². The molecule has 3 nitrogen and oxygen atoms in total. The van der Waals surface area contributed by atoms with Gasteiger partial charge in [0.25, 0.3) is 0 Å². The zero-order valence-corrected chi connectivity index (χ0v) is 11.5. The fourth-order valence-electron chi connectivity index (χ4n) is 2.24. The molecule has 1 rings (SSSR count). The molecule has 0 saturated heterocycles. The summed E-state index contributed by atoms with van der Waals surface area (Å²) in [5.41, 5.74) is 5.79. The molecule has 3 unspecified atom stereocenters. The van der Waals surface area contributed by atoms with Crippen molar-refractivity contribution in [1.29, 1.82) is 0 Å². The summed E-state index contributed by atoms with van der Waals surface area (Å²) in [4.78, 5) is 2.41. The fourth-order valence-corrected chi connectivity index (χ4v) is 2.24. The molecule has 96 valence electrons. The average molecular weight is 228 g/mol. The molecule has 3 heteroatoms. The molecule has 16 heavy (non-hydrogen) atoms. The van der Waals surface area contributed by atoms with E-state index in [4.69, 9.17) is 10.5 Å². The van der Waals surface area contributed by atoms with Gasteiger partial charge in [0.05, 0.1) is 5.60 Å². The molecule has 2 N–H and O–H groups in total. The Hall–Kier alpha value is -0.120. The lowest BCUT2D eigenvalue weighted by molar-refractivity contribution is -0.00504. The molecule has 0 aromatic rings. The van der Waals surface area contributed by atoms with E-state index in [2.05, 4.69) is 32.7 Å². The monoisotopic (exact) mass is 228 g/mol. The van der Waals surface area contributed by atoms with Crippen LogP contribution in [0.15, 0.2) is 0 Å². The molecule has 0 amide bonds. The molecule has 0 bridgehead atoms. The van der Waals surface area contributed by atoms with Gasteiger partial charge < -0.3 is 15.4 Å². The Morgan fingerprint density at radius 3 is 2.44 bits per heavy atom. The van der Waals surface area contributed by atoms with E-state index in [-0.39, 0.29) is 5.60 Å². The predicted molar refractivity (Wildman–Crippen MR) is 68.4 cm³/mol. The Bertz CT molecular complexity index is 218. The Labute approximate surface area is 100 Å². The van der Waals surface area contributed by atoms with Crippen molar-refractivity contribution >= 4 is 0 Å². The van der Waals surface area contributed by atoms with Gasteiger partial charge in [-0.15, -0.1) is 0 Å². The third kappa shape index (κ3) is 4.04. The third-order valence-corrected chi connectivity index (χ3v) is 3.97. The maximum Gasteiger partial charge on any atom is 0.0638 e. The van der Waals surface area contributed by atoms with Crippen LogP contribution in [0.1, 0.15) is 33.6 Å². The number of hydrogen-bond donors (Lipinski definition) is 1. The zero-order valence-electron chi connectivity index (χ0n) is 11.5. The van der Waals surface area contributed by atoms with Crippen LogP contribution in [-0.2, 0) is 4.74 Å². The van der Waals surface area contributed by atoms with Crippen LogP contribution in [-0.4, -0.2) is 43.8 Å². The van der Waals surface area contributed by atoms with Crippen LogP contribution >= 0.6 is 0 Å². The maximum atomic E-state index is 5.87. The molecule has 0 aromatic carbocycles. The maximum absolute atomic E-state index is 5.87. The Morgan fingerprint density at radius 2 is 2.06 bits per heavy atom. The van der Waals surface area contributed by atoms with Gasteiger partial charge in [0, 0.05) is 26.2 Å². The largest absolute Gasteiger partial charge is 0.379 e. The molecule has 1 aliphatic rings. The molecule has 3 atom stereocenters. The minimum Gasteiger partial charge on any atom is -0.379 e. The second kappa shape index (κ2) is 5.48. The van der Waals surface area contributed by atoms with E-state index < -0.39 is 0 Å². The minimum absolute atomic E-state index is 0.0759. The summed E-state index contributed by atoms with van der Waals surface area (Å²) >= 11 is 0. The third-order valence-electron chi connectivity index (χ3n) is 3.97. The topological polar surface area (TPSA) is 38.5 Å². The number of methoxy groups -OCH3 is 1. The molecule has 0 aromatic heterocycles. The first kappa shape index (κ1) is 13.9. The Morgan fingerprint density at radius 1 is 1.50 bits per heavy atom. The molecular weight excluding hydrogens is 200 g/mol. The first-order valence-corrected chi connectivity index (χ1v) is 6.35. The highest BCUT2D eigenvalue weighted by Gasteiger charge is 2.35. The second-order valence-corrected chi connectivity index (χ2v) is 5.97. The summed E-state index contributed by atoms with van der Waals surface area (Å²) in [5.74, 6) is 1.81. The van der Waals surface area contributed by atoms with Crippen LogP contribution in [0, 0.1) is 11.8 Å². The Kier molecular flexibility index (Phi) is 4.77. The van der Waals surface area contributed by atoms with Crippen molar-refractivity contribution in [2.24, 2.45) is 17.6 Å². The molecule has 0 aliphatic heterocycles. The number of hydrogen-bond acceptors (Lipinski definition) is 3. The first-order valence-electron chi connectivity index (χ1n) is 6.35. The lowest BCUT2D eigenvalue weighted by Gasteiger charge is -2.33. The molecule has 1 fully saturated rings. The van der Waals surface area contributed by atoms with Gasteiger partial charge in [-0.1, -0.05) is 6.92 Å². The van der Waals surface area contributed by atoms with Crippen LogP contribution in [0.3, 0.4) is 0 Å². The standard InChI is InChI=1S/C13H28N2O/c1-10-6-11(10)9-15(4)12(8-14)7-13(2,3)16-5/h10-12H,6-9,14H2,1-5H3. The predicted octanol–water partition coefficient (Wildman–Crippen LogP) is 1.72. The molecule has 1 aliphatic carbocycles. The zero-order chi connectivity index (χ0) is 12.3. The Balaban J connectivity index is 2.40. The van der Waals surface area contributed by atoms with Crippen molar-refractivity contribution in [1.82, 2.24) is 4.90 Å². The molecule has 0 radical (unpaired) electrons. The van der Waals surface area contributed by atoms with E-state index in [0.717, 1.165) is 18.3 Å². The van der Waals surface area contributed by atoms with E-state index in [1.807, 2.05) is 0 Å². The number of nitrogens with zero attached hydrogens (tertiary/aromatic N) is 1. The normalized spacial score (nSPS) is 27.2. The van der Waals surface area contributed by atoms with Gasteiger partial charge in [-0.3, -0.25) is 0 Å². The number of ether oxygens (including phenoxy) is 1. The number of likely N-dealkylation sites (N-methyl/N-ethyl adjacent to an activating group) is 1. The van der Waals surface area contributed by atoms with E-state index in [1.54, 1.807) is 7.11 Å². The SMILES string of the molecule is COC(C)(C)CC(CN)N(C)CC1CC1C. The van der Waals surface area contributed by atoms with Crippen molar-refractivity contribution in [3.05, 3.63) is 0 Å². The van der Waals surface area contributed by atoms with Gasteiger partial charge in [0.1, 0.15) is 0 Å². The summed E-state index contributed by atoms with van der Waals surface area (Å²) in [5, 5.41) is 0. The fraction of sp³-hybridized carbons (Fsp3) is 1.00. The lowest BCUT2D eigenvalue weighted by Crippen LogP contribution is -2.44. The van der Waals surface area contributed by atoms with Crippen LogP contribution in [0.2, 0.25) is 0 Å². The van der Waals surface area contributed by atoms with Gasteiger partial charge in [-0.25, -0.2) is 0 Å². The van der Waals surface area contributed by atoms with Gasteiger partial charge >= 0.3 is 0 Å². The van der Waals surface area contributed by atoms with Gasteiger partial charge in [-0.2, -0.15) is 0 Å². The summed E-state index contributed by atoms with van der Waals surface area (Å²) in [6, 6.07) is 0.433. The highest BCUT2D eigenvalue weighted by atomic mass is 16.5. The van der Waals surface area contributed by atoms with Crippen molar-refractivity contribution in [2.75, 3.05) is 27.2 Å². The van der Waals surface area contributed by atoms with Crippen molar-refractivity contribution in [3.63, 3.8) is 0 Å². The van der Waals surface area contributed by atoms with Gasteiger partial charge in [0.2, 0.25) is 0 Å². The average Bonchev–Trinajstić information content (AvgIpc) is 2.90. The summed E-state index contributed by atoms with van der Waals surface area (Å²) in [6.07, 6.45) is 2.38. The summed E-state index contributed by atoms with van der Waals surface area (Å²) in [6.45, 7) is 8.48. The molecule has 0 heterocycles. The first-order chi connectivity index (χ1) is 7.39. The quantitative estimate of drug-likeness (QED) is 0.721. The van der Waals surface area contributed by atoms with Crippen molar-refractivity contribution in [3.8, 4) is 0 Å². The minimum atomic E-state index is -0.0759. The van der Waals surface area contributed by atoms with E-state index >= 15 is 0 Å². The van der Waals surface area contributed by atoms with Crippen molar-refractivity contribution in [2.45, 2.75) is 45.3 Å². The van der Waals surface area contributed by atoms with E-state index in [0.29, 0.717) is 12.6 Å². The molecule has 1 saturated carbocycles.